The fraction of sp³-hybridized carbons (Fsp3) is 0.125. The van der Waals surface area contributed by atoms with Gasteiger partial charge in [0.2, 0.25) is 0 Å². The molecular weight excluding hydrogens is 285 g/mol. The molecule has 3 amide bonds. The average molecular weight is 301 g/mol. The van der Waals surface area contributed by atoms with Crippen molar-refractivity contribution in [1.82, 2.24) is 10.6 Å². The summed E-state index contributed by atoms with van der Waals surface area (Å²) >= 11 is 0. The van der Waals surface area contributed by atoms with Gasteiger partial charge in [0.1, 0.15) is 5.82 Å². The van der Waals surface area contributed by atoms with Gasteiger partial charge in [0.05, 0.1) is 0 Å². The molecule has 0 spiro atoms. The summed E-state index contributed by atoms with van der Waals surface area (Å²) in [6.45, 7) is 0.558. The van der Waals surface area contributed by atoms with Crippen LogP contribution in [0.5, 0.6) is 0 Å². The van der Waals surface area contributed by atoms with Crippen molar-refractivity contribution in [2.45, 2.75) is 13.1 Å². The van der Waals surface area contributed by atoms with Crippen LogP contribution in [0.2, 0.25) is 0 Å². The van der Waals surface area contributed by atoms with E-state index in [2.05, 4.69) is 10.6 Å². The van der Waals surface area contributed by atoms with Gasteiger partial charge < -0.3 is 16.4 Å². The van der Waals surface area contributed by atoms with E-state index in [-0.39, 0.29) is 18.3 Å². The summed E-state index contributed by atoms with van der Waals surface area (Å²) in [5.41, 5.74) is 6.99. The zero-order valence-electron chi connectivity index (χ0n) is 11.8. The second kappa shape index (κ2) is 7.21. The maximum atomic E-state index is 13.0. The molecule has 6 heteroatoms. The van der Waals surface area contributed by atoms with Crippen molar-refractivity contribution in [3.8, 4) is 0 Å². The van der Waals surface area contributed by atoms with Crippen molar-refractivity contribution in [3.63, 3.8) is 0 Å². The zero-order chi connectivity index (χ0) is 15.9. The first kappa shape index (κ1) is 15.5. The van der Waals surface area contributed by atoms with E-state index in [0.29, 0.717) is 17.7 Å². The van der Waals surface area contributed by atoms with Crippen molar-refractivity contribution >= 4 is 11.9 Å². The van der Waals surface area contributed by atoms with Gasteiger partial charge in [-0.1, -0.05) is 24.3 Å². The van der Waals surface area contributed by atoms with Gasteiger partial charge in [-0.25, -0.2) is 9.18 Å². The van der Waals surface area contributed by atoms with Crippen molar-refractivity contribution in [2.24, 2.45) is 5.73 Å². The Labute approximate surface area is 127 Å². The summed E-state index contributed by atoms with van der Waals surface area (Å²) in [4.78, 5) is 22.6. The molecule has 0 aliphatic carbocycles. The molecule has 2 aromatic carbocycles. The minimum Gasteiger partial charge on any atom is -0.352 e. The normalized spacial score (nSPS) is 10.0. The van der Waals surface area contributed by atoms with E-state index < -0.39 is 6.03 Å². The number of primary amides is 1. The summed E-state index contributed by atoms with van der Waals surface area (Å²) in [5.74, 6) is -0.586. The topological polar surface area (TPSA) is 84.2 Å². The van der Waals surface area contributed by atoms with Crippen LogP contribution in [0.3, 0.4) is 0 Å². The number of nitrogens with one attached hydrogen (secondary N) is 2. The summed E-state index contributed by atoms with van der Waals surface area (Å²) in [5, 5.41) is 5.18. The highest BCUT2D eigenvalue weighted by molar-refractivity contribution is 5.94. The van der Waals surface area contributed by atoms with Crippen LogP contribution in [-0.4, -0.2) is 11.9 Å². The first-order chi connectivity index (χ1) is 10.5. The smallest absolute Gasteiger partial charge is 0.312 e. The fourth-order valence-electron chi connectivity index (χ4n) is 1.89. The molecule has 114 valence electrons. The van der Waals surface area contributed by atoms with Crippen LogP contribution in [0.1, 0.15) is 21.5 Å². The minimum absolute atomic E-state index is 0.251. The molecule has 0 radical (unpaired) electrons. The summed E-state index contributed by atoms with van der Waals surface area (Å²) in [6.07, 6.45) is 0. The lowest BCUT2D eigenvalue weighted by Crippen LogP contribution is -2.28. The van der Waals surface area contributed by atoms with Crippen LogP contribution in [-0.2, 0) is 13.1 Å². The molecule has 2 rings (SSSR count). The van der Waals surface area contributed by atoms with E-state index in [4.69, 9.17) is 5.73 Å². The minimum atomic E-state index is -0.600. The molecule has 22 heavy (non-hydrogen) atoms. The summed E-state index contributed by atoms with van der Waals surface area (Å²) in [6, 6.07) is 12.2. The van der Waals surface area contributed by atoms with Crippen molar-refractivity contribution in [1.29, 1.82) is 0 Å². The third-order valence-electron chi connectivity index (χ3n) is 3.02. The first-order valence-corrected chi connectivity index (χ1v) is 6.69. The molecule has 4 N–H and O–H groups in total. The number of carbonyl (C=O) groups excluding carboxylic acids is 2. The summed E-state index contributed by atoms with van der Waals surface area (Å²) < 4.78 is 13.0. The Balaban J connectivity index is 1.91. The first-order valence-electron chi connectivity index (χ1n) is 6.69. The number of halogens is 1. The van der Waals surface area contributed by atoms with Crippen LogP contribution in [0.4, 0.5) is 9.18 Å². The molecule has 2 aromatic rings. The molecule has 0 atom stereocenters. The number of carbonyl (C=O) groups is 2. The summed E-state index contributed by atoms with van der Waals surface area (Å²) in [7, 11) is 0. The van der Waals surface area contributed by atoms with E-state index in [9.17, 15) is 14.0 Å². The SMILES string of the molecule is NC(=O)NCc1ccc(C(=O)NCc2cccc(F)c2)cc1. The van der Waals surface area contributed by atoms with Gasteiger partial charge in [-0.15, -0.1) is 0 Å². The molecule has 0 heterocycles. The zero-order valence-corrected chi connectivity index (χ0v) is 11.8. The van der Waals surface area contributed by atoms with E-state index in [1.54, 1.807) is 36.4 Å². The second-order valence-corrected chi connectivity index (χ2v) is 4.73. The monoisotopic (exact) mass is 301 g/mol. The van der Waals surface area contributed by atoms with Gasteiger partial charge in [-0.05, 0) is 35.4 Å². The van der Waals surface area contributed by atoms with Crippen LogP contribution < -0.4 is 16.4 Å². The van der Waals surface area contributed by atoms with Gasteiger partial charge in [0.25, 0.3) is 5.91 Å². The van der Waals surface area contributed by atoms with Gasteiger partial charge in [-0.3, -0.25) is 4.79 Å². The quantitative estimate of drug-likeness (QED) is 0.788. The number of rotatable bonds is 5. The van der Waals surface area contributed by atoms with Crippen LogP contribution >= 0.6 is 0 Å². The van der Waals surface area contributed by atoms with Gasteiger partial charge >= 0.3 is 6.03 Å². The Kier molecular flexibility index (Phi) is 5.08. The third kappa shape index (κ3) is 4.59. The van der Waals surface area contributed by atoms with E-state index >= 15 is 0 Å². The molecule has 0 unspecified atom stereocenters. The van der Waals surface area contributed by atoms with Crippen LogP contribution in [0.15, 0.2) is 48.5 Å². The highest BCUT2D eigenvalue weighted by Crippen LogP contribution is 2.06. The Morgan fingerprint density at radius 3 is 2.27 bits per heavy atom. The van der Waals surface area contributed by atoms with E-state index in [0.717, 1.165) is 5.56 Å². The third-order valence-corrected chi connectivity index (χ3v) is 3.02. The lowest BCUT2D eigenvalue weighted by molar-refractivity contribution is 0.0951. The standard InChI is InChI=1S/C16H16FN3O2/c17-14-3-1-2-12(8-14)10-19-15(21)13-6-4-11(5-7-13)9-20-16(18)22/h1-8H,9-10H2,(H,19,21)(H3,18,20,22). The highest BCUT2D eigenvalue weighted by atomic mass is 19.1. The number of hydrogen-bond donors (Lipinski definition) is 3. The molecular formula is C16H16FN3O2. The van der Waals surface area contributed by atoms with Crippen molar-refractivity contribution < 1.29 is 14.0 Å². The van der Waals surface area contributed by atoms with Crippen molar-refractivity contribution in [2.75, 3.05) is 0 Å². The maximum absolute atomic E-state index is 13.0. The molecule has 5 nitrogen and oxygen atoms in total. The predicted molar refractivity (Wildman–Crippen MR) is 80.4 cm³/mol. The maximum Gasteiger partial charge on any atom is 0.312 e. The van der Waals surface area contributed by atoms with Gasteiger partial charge in [0.15, 0.2) is 0 Å². The number of benzene rings is 2. The van der Waals surface area contributed by atoms with E-state index in [1.165, 1.54) is 12.1 Å². The number of urea groups is 1. The lowest BCUT2D eigenvalue weighted by atomic mass is 10.1. The molecule has 0 bridgehead atoms. The largest absolute Gasteiger partial charge is 0.352 e. The molecule has 0 aliphatic heterocycles. The Morgan fingerprint density at radius 1 is 0.955 bits per heavy atom. The lowest BCUT2D eigenvalue weighted by Gasteiger charge is -2.07. The molecule has 0 aliphatic rings. The Morgan fingerprint density at radius 2 is 1.64 bits per heavy atom. The molecule has 0 saturated carbocycles. The number of amides is 3. The number of hydrogen-bond acceptors (Lipinski definition) is 2. The Bertz CT molecular complexity index is 671. The number of nitrogens with two attached hydrogens (primary N) is 1. The fourth-order valence-corrected chi connectivity index (χ4v) is 1.89. The van der Waals surface area contributed by atoms with Gasteiger partial charge in [0, 0.05) is 18.7 Å². The van der Waals surface area contributed by atoms with E-state index in [1.807, 2.05) is 0 Å². The molecule has 0 aromatic heterocycles. The van der Waals surface area contributed by atoms with Crippen LogP contribution in [0.25, 0.3) is 0 Å². The predicted octanol–water partition coefficient (Wildman–Crippen LogP) is 1.92. The second-order valence-electron chi connectivity index (χ2n) is 4.73. The average Bonchev–Trinajstić information content (AvgIpc) is 2.51. The van der Waals surface area contributed by atoms with Gasteiger partial charge in [-0.2, -0.15) is 0 Å². The van der Waals surface area contributed by atoms with Crippen LogP contribution in [0, 0.1) is 5.82 Å². The molecule has 0 fully saturated rings. The molecule has 0 saturated heterocycles. The van der Waals surface area contributed by atoms with Crippen molar-refractivity contribution in [3.05, 3.63) is 71.0 Å². The highest BCUT2D eigenvalue weighted by Gasteiger charge is 2.05. The Hall–Kier alpha value is -2.89.